The van der Waals surface area contributed by atoms with Crippen LogP contribution in [-0.2, 0) is 0 Å². The Balaban J connectivity index is 2.03. The van der Waals surface area contributed by atoms with Gasteiger partial charge in [-0.3, -0.25) is 0 Å². The first kappa shape index (κ1) is 29.2. The molecule has 0 spiro atoms. The number of hydrogen-bond acceptors (Lipinski definition) is 1. The summed E-state index contributed by atoms with van der Waals surface area (Å²) in [6.07, 6.45) is 33.8. The molecule has 32 heavy (non-hydrogen) atoms. The van der Waals surface area contributed by atoms with E-state index in [1.807, 2.05) is 6.20 Å². The molecule has 0 aliphatic rings. The summed E-state index contributed by atoms with van der Waals surface area (Å²) in [4.78, 5) is 4.74. The van der Waals surface area contributed by atoms with E-state index >= 15 is 0 Å². The third kappa shape index (κ3) is 14.4. The fourth-order valence-corrected chi connectivity index (χ4v) is 5.04. The zero-order valence-electron chi connectivity index (χ0n) is 22.6. The number of nitrogens with zero attached hydrogens (tertiary/aromatic N) is 2. The second-order valence-corrected chi connectivity index (χ2v) is 10.5. The van der Waals surface area contributed by atoms with Crippen LogP contribution in [0.5, 0.6) is 0 Å². The van der Waals surface area contributed by atoms with Gasteiger partial charge in [-0.05, 0) is 19.8 Å². The molecule has 0 saturated carbocycles. The van der Waals surface area contributed by atoms with Crippen LogP contribution in [0.15, 0.2) is 12.4 Å². The zero-order valence-corrected chi connectivity index (χ0v) is 22.6. The van der Waals surface area contributed by atoms with E-state index in [0.717, 1.165) is 0 Å². The summed E-state index contributed by atoms with van der Waals surface area (Å²) in [5.41, 5.74) is 0. The molecule has 0 aliphatic carbocycles. The molecule has 0 aliphatic heterocycles. The Hall–Kier alpha value is -0.790. The van der Waals surface area contributed by atoms with Crippen molar-refractivity contribution in [2.24, 2.45) is 0 Å². The first-order valence-corrected chi connectivity index (χ1v) is 14.7. The number of imidazole rings is 1. The smallest absolute Gasteiger partial charge is 0.111 e. The SMILES string of the molecule is CCCCCCCCCCCCCCCCC(C)c1nccn1C(C)CCCCCCC. The summed E-state index contributed by atoms with van der Waals surface area (Å²) in [7, 11) is 0. The van der Waals surface area contributed by atoms with Crippen molar-refractivity contribution in [1.82, 2.24) is 9.55 Å². The number of hydrogen-bond donors (Lipinski definition) is 0. The van der Waals surface area contributed by atoms with Gasteiger partial charge in [0, 0.05) is 24.4 Å². The normalized spacial score (nSPS) is 13.5. The van der Waals surface area contributed by atoms with Gasteiger partial charge in [0.1, 0.15) is 5.82 Å². The van der Waals surface area contributed by atoms with Gasteiger partial charge in [0.2, 0.25) is 0 Å². The van der Waals surface area contributed by atoms with Crippen LogP contribution in [0.3, 0.4) is 0 Å². The molecular weight excluding hydrogens is 388 g/mol. The molecule has 2 atom stereocenters. The lowest BCUT2D eigenvalue weighted by atomic mass is 10.00. The molecule has 1 aromatic heterocycles. The monoisotopic (exact) mass is 446 g/mol. The standard InChI is InChI=1S/C30H58N2/c1-5-7-9-11-12-13-14-15-16-17-18-19-21-22-24-28(3)30-31-26-27-32(30)29(4)25-23-20-10-8-6-2/h26-29H,5-25H2,1-4H3. The van der Waals surface area contributed by atoms with Crippen LogP contribution in [0.2, 0.25) is 0 Å². The molecule has 0 amide bonds. The molecule has 0 saturated heterocycles. The predicted molar refractivity (Wildman–Crippen MR) is 144 cm³/mol. The Labute approximate surface area is 202 Å². The van der Waals surface area contributed by atoms with E-state index in [2.05, 4.69) is 38.5 Å². The van der Waals surface area contributed by atoms with Crippen molar-refractivity contribution in [3.63, 3.8) is 0 Å². The van der Waals surface area contributed by atoms with Gasteiger partial charge < -0.3 is 4.57 Å². The quantitative estimate of drug-likeness (QED) is 0.153. The second kappa shape index (κ2) is 20.8. The van der Waals surface area contributed by atoms with E-state index < -0.39 is 0 Å². The zero-order chi connectivity index (χ0) is 23.3. The van der Waals surface area contributed by atoms with Crippen LogP contribution in [0, 0.1) is 0 Å². The third-order valence-electron chi connectivity index (χ3n) is 7.33. The molecule has 0 fully saturated rings. The summed E-state index contributed by atoms with van der Waals surface area (Å²) in [5.74, 6) is 1.91. The van der Waals surface area contributed by atoms with Crippen LogP contribution in [-0.4, -0.2) is 9.55 Å². The highest BCUT2D eigenvalue weighted by Crippen LogP contribution is 2.26. The maximum absolute atomic E-state index is 4.74. The summed E-state index contributed by atoms with van der Waals surface area (Å²) in [6.45, 7) is 9.35. The summed E-state index contributed by atoms with van der Waals surface area (Å²) in [6, 6.07) is 0.591. The number of aromatic nitrogens is 2. The van der Waals surface area contributed by atoms with Crippen LogP contribution in [0.1, 0.15) is 180 Å². The Kier molecular flexibility index (Phi) is 19.0. The van der Waals surface area contributed by atoms with E-state index in [0.29, 0.717) is 12.0 Å². The van der Waals surface area contributed by atoms with Crippen molar-refractivity contribution in [2.75, 3.05) is 0 Å². The fraction of sp³-hybridized carbons (Fsp3) is 0.900. The molecule has 1 aromatic rings. The maximum atomic E-state index is 4.74. The van der Waals surface area contributed by atoms with E-state index in [9.17, 15) is 0 Å². The second-order valence-electron chi connectivity index (χ2n) is 10.5. The predicted octanol–water partition coefficient (Wildman–Crippen LogP) is 10.8. The minimum absolute atomic E-state index is 0.588. The highest BCUT2D eigenvalue weighted by atomic mass is 15.1. The molecule has 2 nitrogen and oxygen atoms in total. The average Bonchev–Trinajstić information content (AvgIpc) is 3.29. The fourth-order valence-electron chi connectivity index (χ4n) is 5.04. The van der Waals surface area contributed by atoms with Crippen LogP contribution >= 0.6 is 0 Å². The van der Waals surface area contributed by atoms with Gasteiger partial charge in [-0.1, -0.05) is 143 Å². The molecule has 1 rings (SSSR count). The Bertz CT molecular complexity index is 507. The molecule has 188 valence electrons. The highest BCUT2D eigenvalue weighted by molar-refractivity contribution is 5.00. The molecular formula is C30H58N2. The summed E-state index contributed by atoms with van der Waals surface area (Å²) >= 11 is 0. The molecule has 2 unspecified atom stereocenters. The molecule has 0 bridgehead atoms. The number of rotatable bonds is 23. The molecule has 2 heteroatoms. The van der Waals surface area contributed by atoms with Crippen molar-refractivity contribution in [1.29, 1.82) is 0 Å². The lowest BCUT2D eigenvalue weighted by Gasteiger charge is -2.20. The van der Waals surface area contributed by atoms with Gasteiger partial charge >= 0.3 is 0 Å². The van der Waals surface area contributed by atoms with Gasteiger partial charge in [0.15, 0.2) is 0 Å². The van der Waals surface area contributed by atoms with Gasteiger partial charge in [-0.25, -0.2) is 4.98 Å². The lowest BCUT2D eigenvalue weighted by Crippen LogP contribution is -2.11. The van der Waals surface area contributed by atoms with Crippen LogP contribution in [0.25, 0.3) is 0 Å². The van der Waals surface area contributed by atoms with Gasteiger partial charge in [0.05, 0.1) is 0 Å². The molecule has 0 aromatic carbocycles. The lowest BCUT2D eigenvalue weighted by molar-refractivity contribution is 0.437. The first-order valence-electron chi connectivity index (χ1n) is 14.7. The summed E-state index contributed by atoms with van der Waals surface area (Å²) < 4.78 is 2.47. The van der Waals surface area contributed by atoms with E-state index in [-0.39, 0.29) is 0 Å². The van der Waals surface area contributed by atoms with Crippen molar-refractivity contribution in [3.05, 3.63) is 18.2 Å². The minimum atomic E-state index is 0.588. The van der Waals surface area contributed by atoms with Crippen molar-refractivity contribution in [3.8, 4) is 0 Å². The summed E-state index contributed by atoms with van der Waals surface area (Å²) in [5, 5.41) is 0. The average molecular weight is 447 g/mol. The van der Waals surface area contributed by atoms with Gasteiger partial charge in [-0.2, -0.15) is 0 Å². The minimum Gasteiger partial charge on any atom is -0.332 e. The van der Waals surface area contributed by atoms with Gasteiger partial charge in [0.25, 0.3) is 0 Å². The van der Waals surface area contributed by atoms with E-state index in [1.165, 1.54) is 141 Å². The van der Waals surface area contributed by atoms with Crippen molar-refractivity contribution >= 4 is 0 Å². The number of unbranched alkanes of at least 4 members (excludes halogenated alkanes) is 17. The first-order chi connectivity index (χ1) is 15.7. The molecule has 0 radical (unpaired) electrons. The van der Waals surface area contributed by atoms with E-state index in [4.69, 9.17) is 4.98 Å². The Morgan fingerprint density at radius 2 is 1.00 bits per heavy atom. The Morgan fingerprint density at radius 3 is 1.47 bits per heavy atom. The molecule has 0 N–H and O–H groups in total. The van der Waals surface area contributed by atoms with Gasteiger partial charge in [-0.15, -0.1) is 0 Å². The van der Waals surface area contributed by atoms with Crippen molar-refractivity contribution in [2.45, 2.75) is 174 Å². The van der Waals surface area contributed by atoms with Crippen molar-refractivity contribution < 1.29 is 0 Å². The van der Waals surface area contributed by atoms with Crippen LogP contribution < -0.4 is 0 Å². The Morgan fingerprint density at radius 1 is 0.594 bits per heavy atom. The van der Waals surface area contributed by atoms with E-state index in [1.54, 1.807) is 0 Å². The third-order valence-corrected chi connectivity index (χ3v) is 7.33. The molecule has 1 heterocycles. The van der Waals surface area contributed by atoms with Crippen LogP contribution in [0.4, 0.5) is 0 Å². The maximum Gasteiger partial charge on any atom is 0.111 e. The largest absolute Gasteiger partial charge is 0.332 e. The topological polar surface area (TPSA) is 17.8 Å². The highest BCUT2D eigenvalue weighted by Gasteiger charge is 2.15.